The molecule has 1 spiro atoms. The van der Waals surface area contributed by atoms with Gasteiger partial charge < -0.3 is 24.8 Å². The summed E-state index contributed by atoms with van der Waals surface area (Å²) >= 11 is 0. The summed E-state index contributed by atoms with van der Waals surface area (Å²) in [7, 11) is 0. The summed E-state index contributed by atoms with van der Waals surface area (Å²) in [6.07, 6.45) is 2.24. The van der Waals surface area contributed by atoms with Crippen molar-refractivity contribution in [1.82, 2.24) is 10.2 Å². The minimum absolute atomic E-state index is 0.0316. The Kier molecular flexibility index (Phi) is 6.97. The first kappa shape index (κ1) is 25.0. The van der Waals surface area contributed by atoms with Crippen LogP contribution in [-0.2, 0) is 23.9 Å². The summed E-state index contributed by atoms with van der Waals surface area (Å²) in [4.78, 5) is 42.2. The zero-order valence-electron chi connectivity index (χ0n) is 20.5. The fourth-order valence-corrected chi connectivity index (χ4v) is 6.37. The standard InChI is InChI=1S/C24H40N2O6/c1-8-10-15(6)25-20(28)19-24-11-14(5)23(7,32-24)18(22(30)31-9-2)17(24)21(29)26(19)16(12-27)13(3)4/h13-19,27H,8-12H2,1-7H3,(H,25,28)/t14?,15?,16-,17-,18+,19?,23-,24?/m0/s1. The van der Waals surface area contributed by atoms with Gasteiger partial charge in [0, 0.05) is 6.04 Å². The number of hydrogen-bond acceptors (Lipinski definition) is 6. The highest BCUT2D eigenvalue weighted by Crippen LogP contribution is 2.65. The zero-order chi connectivity index (χ0) is 24.0. The molecule has 3 fully saturated rings. The van der Waals surface area contributed by atoms with Gasteiger partial charge in [0.25, 0.3) is 0 Å². The summed E-state index contributed by atoms with van der Waals surface area (Å²) in [6, 6.07) is -1.50. The number of nitrogens with zero attached hydrogens (tertiary/aromatic N) is 1. The summed E-state index contributed by atoms with van der Waals surface area (Å²) in [5.41, 5.74) is -1.99. The quantitative estimate of drug-likeness (QED) is 0.518. The molecule has 182 valence electrons. The number of esters is 1. The van der Waals surface area contributed by atoms with E-state index in [-0.39, 0.29) is 42.9 Å². The van der Waals surface area contributed by atoms with Crippen LogP contribution >= 0.6 is 0 Å². The molecule has 0 aliphatic carbocycles. The van der Waals surface area contributed by atoms with Crippen molar-refractivity contribution in [3.8, 4) is 0 Å². The van der Waals surface area contributed by atoms with Crippen LogP contribution in [0.3, 0.4) is 0 Å². The minimum atomic E-state index is -1.11. The van der Waals surface area contributed by atoms with Crippen LogP contribution in [0.5, 0.6) is 0 Å². The highest BCUT2D eigenvalue weighted by molar-refractivity contribution is 5.98. The van der Waals surface area contributed by atoms with Gasteiger partial charge >= 0.3 is 5.97 Å². The molecule has 8 nitrogen and oxygen atoms in total. The lowest BCUT2D eigenvalue weighted by molar-refractivity contribution is -0.162. The van der Waals surface area contributed by atoms with Crippen molar-refractivity contribution in [2.75, 3.05) is 13.2 Å². The van der Waals surface area contributed by atoms with Gasteiger partial charge in [-0.05, 0) is 45.4 Å². The molecule has 8 heteroatoms. The Bertz CT molecular complexity index is 757. The number of likely N-dealkylation sites (tertiary alicyclic amines) is 1. The predicted molar refractivity (Wildman–Crippen MR) is 118 cm³/mol. The lowest BCUT2D eigenvalue weighted by atomic mass is 9.62. The van der Waals surface area contributed by atoms with E-state index in [1.54, 1.807) is 6.92 Å². The molecule has 3 saturated heterocycles. The SMILES string of the molecule is CCCC(C)NC(=O)C1N([C@@H](CO)C(C)C)C(=O)[C@@H]2[C@H](C(=O)OCC)[C@@]3(C)OC12CC3C. The molecule has 2 amide bonds. The van der Waals surface area contributed by atoms with Crippen LogP contribution < -0.4 is 5.32 Å². The number of carbonyl (C=O) groups is 3. The molecule has 2 N–H and O–H groups in total. The van der Waals surface area contributed by atoms with Gasteiger partial charge in [-0.1, -0.05) is 34.1 Å². The van der Waals surface area contributed by atoms with Crippen LogP contribution in [0.1, 0.15) is 67.7 Å². The maximum absolute atomic E-state index is 13.9. The van der Waals surface area contributed by atoms with Crippen LogP contribution in [0, 0.1) is 23.7 Å². The molecule has 0 aromatic rings. The third-order valence-corrected chi connectivity index (χ3v) is 7.97. The number of rotatable bonds is 9. The number of hydrogen-bond donors (Lipinski definition) is 2. The van der Waals surface area contributed by atoms with E-state index >= 15 is 0 Å². The van der Waals surface area contributed by atoms with E-state index < -0.39 is 41.1 Å². The van der Waals surface area contributed by atoms with Gasteiger partial charge in [-0.15, -0.1) is 0 Å². The molecule has 8 atom stereocenters. The van der Waals surface area contributed by atoms with E-state index in [1.807, 2.05) is 34.6 Å². The minimum Gasteiger partial charge on any atom is -0.466 e. The Balaban J connectivity index is 2.11. The summed E-state index contributed by atoms with van der Waals surface area (Å²) < 4.78 is 12.0. The second-order valence-corrected chi connectivity index (χ2v) is 10.4. The fraction of sp³-hybridized carbons (Fsp3) is 0.875. The molecule has 0 radical (unpaired) electrons. The lowest BCUT2D eigenvalue weighted by Crippen LogP contribution is -2.60. The van der Waals surface area contributed by atoms with E-state index in [1.165, 1.54) is 4.90 Å². The average molecular weight is 453 g/mol. The fourth-order valence-electron chi connectivity index (χ4n) is 6.37. The van der Waals surface area contributed by atoms with E-state index in [9.17, 15) is 19.5 Å². The summed E-state index contributed by atoms with van der Waals surface area (Å²) in [5, 5.41) is 13.2. The molecule has 0 aromatic carbocycles. The molecular formula is C24H40N2O6. The summed E-state index contributed by atoms with van der Waals surface area (Å²) in [5.74, 6) is -2.71. The predicted octanol–water partition coefficient (Wildman–Crippen LogP) is 1.88. The number of carbonyl (C=O) groups excluding carboxylic acids is 3. The normalized spacial score (nSPS) is 37.5. The maximum atomic E-state index is 13.9. The van der Waals surface area contributed by atoms with Crippen molar-refractivity contribution in [3.63, 3.8) is 0 Å². The van der Waals surface area contributed by atoms with E-state index in [0.717, 1.165) is 12.8 Å². The molecule has 0 saturated carbocycles. The Hall–Kier alpha value is -1.67. The topological polar surface area (TPSA) is 105 Å². The number of aliphatic hydroxyl groups excluding tert-OH is 1. The van der Waals surface area contributed by atoms with Gasteiger partial charge in [-0.2, -0.15) is 0 Å². The average Bonchev–Trinajstić information content (AvgIpc) is 3.20. The van der Waals surface area contributed by atoms with Crippen molar-refractivity contribution in [2.45, 2.75) is 97.1 Å². The van der Waals surface area contributed by atoms with Crippen molar-refractivity contribution in [2.24, 2.45) is 23.7 Å². The van der Waals surface area contributed by atoms with Gasteiger partial charge in [-0.3, -0.25) is 14.4 Å². The van der Waals surface area contributed by atoms with Crippen molar-refractivity contribution < 1.29 is 29.0 Å². The Morgan fingerprint density at radius 3 is 2.50 bits per heavy atom. The van der Waals surface area contributed by atoms with Crippen LogP contribution in [0.25, 0.3) is 0 Å². The van der Waals surface area contributed by atoms with Crippen LogP contribution in [-0.4, -0.2) is 70.3 Å². The van der Waals surface area contributed by atoms with Crippen molar-refractivity contribution >= 4 is 17.8 Å². The number of aliphatic hydroxyl groups is 1. The highest BCUT2D eigenvalue weighted by atomic mass is 16.6. The Morgan fingerprint density at radius 1 is 1.31 bits per heavy atom. The second-order valence-electron chi connectivity index (χ2n) is 10.4. The third-order valence-electron chi connectivity index (χ3n) is 7.97. The molecular weight excluding hydrogens is 412 g/mol. The Labute approximate surface area is 191 Å². The number of fused-ring (bicyclic) bond motifs is 1. The smallest absolute Gasteiger partial charge is 0.312 e. The monoisotopic (exact) mass is 452 g/mol. The zero-order valence-corrected chi connectivity index (χ0v) is 20.5. The number of amides is 2. The molecule has 3 aliphatic heterocycles. The molecule has 3 rings (SSSR count). The van der Waals surface area contributed by atoms with Gasteiger partial charge in [0.15, 0.2) is 0 Å². The molecule has 2 bridgehead atoms. The van der Waals surface area contributed by atoms with Gasteiger partial charge in [0.1, 0.15) is 17.6 Å². The second kappa shape index (κ2) is 8.93. The maximum Gasteiger partial charge on any atom is 0.312 e. The van der Waals surface area contributed by atoms with Crippen LogP contribution in [0.4, 0.5) is 0 Å². The van der Waals surface area contributed by atoms with Gasteiger partial charge in [0.2, 0.25) is 11.8 Å². The highest BCUT2D eigenvalue weighted by Gasteiger charge is 2.80. The van der Waals surface area contributed by atoms with Crippen molar-refractivity contribution in [3.05, 3.63) is 0 Å². The number of ether oxygens (including phenoxy) is 2. The molecule has 3 heterocycles. The largest absolute Gasteiger partial charge is 0.466 e. The van der Waals surface area contributed by atoms with Gasteiger partial charge in [0.05, 0.1) is 30.8 Å². The first-order valence-corrected chi connectivity index (χ1v) is 12.1. The molecule has 0 aromatic heterocycles. The van der Waals surface area contributed by atoms with E-state index in [0.29, 0.717) is 6.42 Å². The summed E-state index contributed by atoms with van der Waals surface area (Å²) in [6.45, 7) is 13.4. The first-order chi connectivity index (χ1) is 15.0. The van der Waals surface area contributed by atoms with E-state index in [2.05, 4.69) is 12.2 Å². The third kappa shape index (κ3) is 3.54. The number of nitrogens with one attached hydrogen (secondary N) is 1. The van der Waals surface area contributed by atoms with Crippen LogP contribution in [0.2, 0.25) is 0 Å². The molecule has 4 unspecified atom stereocenters. The molecule has 3 aliphatic rings. The van der Waals surface area contributed by atoms with Crippen molar-refractivity contribution in [1.29, 1.82) is 0 Å². The van der Waals surface area contributed by atoms with E-state index in [4.69, 9.17) is 9.47 Å². The van der Waals surface area contributed by atoms with Crippen LogP contribution in [0.15, 0.2) is 0 Å². The molecule has 32 heavy (non-hydrogen) atoms. The van der Waals surface area contributed by atoms with Gasteiger partial charge in [-0.25, -0.2) is 0 Å². The first-order valence-electron chi connectivity index (χ1n) is 12.1. The Morgan fingerprint density at radius 2 is 1.97 bits per heavy atom. The lowest BCUT2D eigenvalue weighted by Gasteiger charge is -2.39.